The maximum atomic E-state index is 6.23. The van der Waals surface area contributed by atoms with Gasteiger partial charge in [0, 0.05) is 10.6 Å². The molecule has 0 spiro atoms. The second-order valence-corrected chi connectivity index (χ2v) is 5.53. The highest BCUT2D eigenvalue weighted by molar-refractivity contribution is 6.30. The second kappa shape index (κ2) is 5.88. The molecule has 1 heterocycles. The molecule has 21 heavy (non-hydrogen) atoms. The predicted octanol–water partition coefficient (Wildman–Crippen LogP) is 4.86. The fourth-order valence-corrected chi connectivity index (χ4v) is 2.68. The smallest absolute Gasteiger partial charge is 0.225 e. The highest BCUT2D eigenvalue weighted by Crippen LogP contribution is 2.29. The summed E-state index contributed by atoms with van der Waals surface area (Å²) >= 11 is 12.2. The van der Waals surface area contributed by atoms with Crippen molar-refractivity contribution in [2.75, 3.05) is 0 Å². The topological polar surface area (TPSA) is 30.7 Å². The van der Waals surface area contributed by atoms with Crippen molar-refractivity contribution in [2.45, 2.75) is 13.0 Å². The van der Waals surface area contributed by atoms with Gasteiger partial charge >= 0.3 is 0 Å². The van der Waals surface area contributed by atoms with Crippen molar-refractivity contribution >= 4 is 23.2 Å². The average Bonchev–Trinajstić information content (AvgIpc) is 2.90. The van der Waals surface area contributed by atoms with Crippen molar-refractivity contribution in [3.05, 3.63) is 70.5 Å². The van der Waals surface area contributed by atoms with Crippen molar-refractivity contribution < 1.29 is 0 Å². The minimum atomic E-state index is 0.0139. The molecule has 3 nitrogen and oxygen atoms in total. The first-order valence-electron chi connectivity index (χ1n) is 6.58. The first-order chi connectivity index (χ1) is 10.2. The predicted molar refractivity (Wildman–Crippen MR) is 85.7 cm³/mol. The van der Waals surface area contributed by atoms with Gasteiger partial charge in [-0.25, -0.2) is 0 Å². The molecule has 3 aromatic rings. The highest BCUT2D eigenvalue weighted by atomic mass is 35.5. The van der Waals surface area contributed by atoms with Crippen LogP contribution in [0.2, 0.25) is 10.3 Å². The summed E-state index contributed by atoms with van der Waals surface area (Å²) in [5.41, 5.74) is 2.08. The zero-order valence-corrected chi connectivity index (χ0v) is 12.9. The van der Waals surface area contributed by atoms with Crippen molar-refractivity contribution in [3.63, 3.8) is 0 Å². The van der Waals surface area contributed by atoms with Crippen LogP contribution in [-0.4, -0.2) is 14.8 Å². The van der Waals surface area contributed by atoms with E-state index in [9.17, 15) is 0 Å². The summed E-state index contributed by atoms with van der Waals surface area (Å²) in [5, 5.41) is 9.30. The molecule has 3 rings (SSSR count). The van der Waals surface area contributed by atoms with E-state index < -0.39 is 0 Å². The molecule has 0 fully saturated rings. The normalized spacial score (nSPS) is 12.3. The Hall–Kier alpha value is -1.84. The van der Waals surface area contributed by atoms with Gasteiger partial charge in [-0.1, -0.05) is 54.1 Å². The number of halogens is 2. The van der Waals surface area contributed by atoms with Crippen LogP contribution in [0.1, 0.15) is 18.5 Å². The third-order valence-corrected chi connectivity index (χ3v) is 3.94. The van der Waals surface area contributed by atoms with E-state index in [4.69, 9.17) is 23.2 Å². The molecule has 0 aliphatic rings. The Kier molecular flexibility index (Phi) is 3.95. The minimum absolute atomic E-state index is 0.0139. The molecule has 1 unspecified atom stereocenters. The standard InChI is InChI=1S/C16H13Cl2N3/c1-11(12-7-9-14(17)10-8-12)21-15(19-20-16(21)18)13-5-3-2-4-6-13/h2-11H,1H3. The first-order valence-corrected chi connectivity index (χ1v) is 7.33. The number of nitrogens with zero attached hydrogens (tertiary/aromatic N) is 3. The summed E-state index contributed by atoms with van der Waals surface area (Å²) in [6, 6.07) is 17.6. The number of hydrogen-bond acceptors (Lipinski definition) is 2. The van der Waals surface area contributed by atoms with Gasteiger partial charge in [-0.3, -0.25) is 4.57 Å². The van der Waals surface area contributed by atoms with Crippen LogP contribution in [-0.2, 0) is 0 Å². The van der Waals surface area contributed by atoms with E-state index in [2.05, 4.69) is 17.1 Å². The Morgan fingerprint density at radius 3 is 2.24 bits per heavy atom. The zero-order valence-electron chi connectivity index (χ0n) is 11.4. The Labute approximate surface area is 133 Å². The number of benzene rings is 2. The molecule has 0 radical (unpaired) electrons. The van der Waals surface area contributed by atoms with Crippen LogP contribution in [0, 0.1) is 0 Å². The van der Waals surface area contributed by atoms with E-state index in [0.717, 1.165) is 17.0 Å². The van der Waals surface area contributed by atoms with Crippen LogP contribution in [0.3, 0.4) is 0 Å². The van der Waals surface area contributed by atoms with E-state index in [0.29, 0.717) is 10.3 Å². The van der Waals surface area contributed by atoms with Crippen LogP contribution >= 0.6 is 23.2 Å². The van der Waals surface area contributed by atoms with Crippen molar-refractivity contribution in [2.24, 2.45) is 0 Å². The van der Waals surface area contributed by atoms with Gasteiger partial charge < -0.3 is 0 Å². The zero-order chi connectivity index (χ0) is 14.8. The Bertz CT molecular complexity index is 736. The average molecular weight is 318 g/mol. The molecule has 0 aliphatic carbocycles. The molecular formula is C16H13Cl2N3. The van der Waals surface area contributed by atoms with Gasteiger partial charge in [-0.15, -0.1) is 10.2 Å². The Morgan fingerprint density at radius 2 is 1.57 bits per heavy atom. The van der Waals surface area contributed by atoms with E-state index >= 15 is 0 Å². The first kappa shape index (κ1) is 14.1. The molecule has 1 aromatic heterocycles. The summed E-state index contributed by atoms with van der Waals surface area (Å²) in [6.07, 6.45) is 0. The molecule has 2 aromatic carbocycles. The van der Waals surface area contributed by atoms with Gasteiger partial charge in [0.25, 0.3) is 0 Å². The molecule has 0 bridgehead atoms. The monoisotopic (exact) mass is 317 g/mol. The van der Waals surface area contributed by atoms with Crippen molar-refractivity contribution in [3.8, 4) is 11.4 Å². The molecule has 106 valence electrons. The highest BCUT2D eigenvalue weighted by Gasteiger charge is 2.18. The van der Waals surface area contributed by atoms with Crippen LogP contribution < -0.4 is 0 Å². The molecule has 0 aliphatic heterocycles. The van der Waals surface area contributed by atoms with Gasteiger partial charge in [-0.2, -0.15) is 0 Å². The summed E-state index contributed by atoms with van der Waals surface area (Å²) in [4.78, 5) is 0. The fourth-order valence-electron chi connectivity index (χ4n) is 2.29. The van der Waals surface area contributed by atoms with E-state index in [1.165, 1.54) is 0 Å². The van der Waals surface area contributed by atoms with Gasteiger partial charge in [0.15, 0.2) is 5.82 Å². The lowest BCUT2D eigenvalue weighted by molar-refractivity contribution is 0.644. The summed E-state index contributed by atoms with van der Waals surface area (Å²) in [6.45, 7) is 2.06. The van der Waals surface area contributed by atoms with Crippen LogP contribution in [0.25, 0.3) is 11.4 Å². The van der Waals surface area contributed by atoms with E-state index in [-0.39, 0.29) is 6.04 Å². The molecule has 0 N–H and O–H groups in total. The fraction of sp³-hybridized carbons (Fsp3) is 0.125. The van der Waals surface area contributed by atoms with Crippen molar-refractivity contribution in [1.29, 1.82) is 0 Å². The van der Waals surface area contributed by atoms with Gasteiger partial charge in [0.2, 0.25) is 5.28 Å². The molecule has 1 atom stereocenters. The summed E-state index contributed by atoms with van der Waals surface area (Å²) in [5.74, 6) is 0.753. The Balaban J connectivity index is 2.06. The number of aromatic nitrogens is 3. The minimum Gasteiger partial charge on any atom is -0.290 e. The largest absolute Gasteiger partial charge is 0.290 e. The van der Waals surface area contributed by atoms with Crippen LogP contribution in [0.4, 0.5) is 0 Å². The molecule has 0 saturated heterocycles. The molecule has 5 heteroatoms. The summed E-state index contributed by atoms with van der Waals surface area (Å²) in [7, 11) is 0. The summed E-state index contributed by atoms with van der Waals surface area (Å²) < 4.78 is 1.92. The third-order valence-electron chi connectivity index (χ3n) is 3.43. The Morgan fingerprint density at radius 1 is 0.905 bits per heavy atom. The number of rotatable bonds is 3. The van der Waals surface area contributed by atoms with Crippen LogP contribution in [0.5, 0.6) is 0 Å². The quantitative estimate of drug-likeness (QED) is 0.690. The third kappa shape index (κ3) is 2.80. The van der Waals surface area contributed by atoms with E-state index in [1.807, 2.05) is 59.2 Å². The SMILES string of the molecule is CC(c1ccc(Cl)cc1)n1c(Cl)nnc1-c1ccccc1. The lowest BCUT2D eigenvalue weighted by Gasteiger charge is -2.17. The van der Waals surface area contributed by atoms with Gasteiger partial charge in [-0.05, 0) is 36.2 Å². The lowest BCUT2D eigenvalue weighted by Crippen LogP contribution is -2.08. The maximum Gasteiger partial charge on any atom is 0.225 e. The second-order valence-electron chi connectivity index (χ2n) is 4.76. The maximum absolute atomic E-state index is 6.23. The number of hydrogen-bond donors (Lipinski definition) is 0. The van der Waals surface area contributed by atoms with Crippen molar-refractivity contribution in [1.82, 2.24) is 14.8 Å². The van der Waals surface area contributed by atoms with Gasteiger partial charge in [0.05, 0.1) is 6.04 Å². The van der Waals surface area contributed by atoms with Gasteiger partial charge in [0.1, 0.15) is 0 Å². The van der Waals surface area contributed by atoms with E-state index in [1.54, 1.807) is 0 Å². The van der Waals surface area contributed by atoms with Crippen LogP contribution in [0.15, 0.2) is 54.6 Å². The lowest BCUT2D eigenvalue weighted by atomic mass is 10.1. The molecular weight excluding hydrogens is 305 g/mol. The molecule has 0 amide bonds. The molecule has 0 saturated carbocycles.